The summed E-state index contributed by atoms with van der Waals surface area (Å²) in [6, 6.07) is 13.4. The highest BCUT2D eigenvalue weighted by atomic mass is 79.9. The first-order valence-corrected chi connectivity index (χ1v) is 10.8. The van der Waals surface area contributed by atoms with Crippen LogP contribution in [0.15, 0.2) is 59.3 Å². The van der Waals surface area contributed by atoms with Crippen molar-refractivity contribution in [3.05, 3.63) is 64.9 Å². The minimum Gasteiger partial charge on any atom is -0.444 e. The van der Waals surface area contributed by atoms with E-state index in [-0.39, 0.29) is 0 Å². The van der Waals surface area contributed by atoms with E-state index in [9.17, 15) is 4.79 Å². The van der Waals surface area contributed by atoms with E-state index in [0.29, 0.717) is 23.8 Å². The number of carbonyl (C=O) groups excluding carboxylic acids is 1. The average molecular weight is 495 g/mol. The molecule has 4 rings (SSSR count). The predicted octanol–water partition coefficient (Wildman–Crippen LogP) is 4.85. The number of rotatable bonds is 4. The third-order valence-electron chi connectivity index (χ3n) is 4.57. The summed E-state index contributed by atoms with van der Waals surface area (Å²) in [6.07, 6.45) is 2.93. The summed E-state index contributed by atoms with van der Waals surface area (Å²) >= 11 is 3.46. The number of pyridine rings is 2. The molecule has 0 aliphatic rings. The minimum atomic E-state index is -0.539. The second-order valence-corrected chi connectivity index (χ2v) is 9.14. The van der Waals surface area contributed by atoms with Crippen LogP contribution in [-0.4, -0.2) is 31.2 Å². The molecule has 0 saturated carbocycles. The largest absolute Gasteiger partial charge is 0.444 e. The van der Waals surface area contributed by atoms with Crippen LogP contribution in [-0.2, 0) is 11.3 Å². The number of halogens is 1. The summed E-state index contributed by atoms with van der Waals surface area (Å²) in [6.45, 7) is 5.84. The number of imidazole rings is 1. The van der Waals surface area contributed by atoms with E-state index in [1.54, 1.807) is 12.4 Å². The maximum absolute atomic E-state index is 11.9. The van der Waals surface area contributed by atoms with Gasteiger partial charge in [0.05, 0.1) is 5.56 Å². The van der Waals surface area contributed by atoms with Crippen molar-refractivity contribution in [2.45, 2.75) is 32.9 Å². The molecular weight excluding hydrogens is 472 g/mol. The Bertz CT molecular complexity index is 1280. The maximum atomic E-state index is 11.9. The van der Waals surface area contributed by atoms with E-state index >= 15 is 0 Å². The monoisotopic (exact) mass is 494 g/mol. The molecule has 3 heterocycles. The number of nitrogens with zero attached hydrogens (tertiary/aromatic N) is 4. The van der Waals surface area contributed by atoms with Crippen molar-refractivity contribution in [3.63, 3.8) is 0 Å². The van der Waals surface area contributed by atoms with Gasteiger partial charge in [-0.05, 0) is 72.6 Å². The topological polar surface area (TPSA) is 108 Å². The van der Waals surface area contributed by atoms with Gasteiger partial charge in [-0.25, -0.2) is 19.7 Å². The van der Waals surface area contributed by atoms with Crippen LogP contribution in [0.3, 0.4) is 0 Å². The molecule has 0 radical (unpaired) electrons. The van der Waals surface area contributed by atoms with Crippen LogP contribution in [0.5, 0.6) is 0 Å². The van der Waals surface area contributed by atoms with E-state index in [2.05, 4.69) is 31.2 Å². The number of fused-ring (bicyclic) bond motifs is 1. The lowest BCUT2D eigenvalue weighted by Gasteiger charge is -2.19. The fraction of sp³-hybridized carbons (Fsp3) is 0.217. The van der Waals surface area contributed by atoms with Crippen LogP contribution >= 0.6 is 15.9 Å². The highest BCUT2D eigenvalue weighted by Crippen LogP contribution is 2.31. The van der Waals surface area contributed by atoms with Gasteiger partial charge in [-0.2, -0.15) is 0 Å². The van der Waals surface area contributed by atoms with Crippen LogP contribution < -0.4 is 11.1 Å². The Morgan fingerprint density at radius 2 is 1.94 bits per heavy atom. The first-order valence-electron chi connectivity index (χ1n) is 10.0. The molecular formula is C23H23BrN6O2. The zero-order valence-corrected chi connectivity index (χ0v) is 19.5. The van der Waals surface area contributed by atoms with Gasteiger partial charge in [0.1, 0.15) is 16.9 Å². The van der Waals surface area contributed by atoms with E-state index in [0.717, 1.165) is 26.8 Å². The second kappa shape index (κ2) is 8.58. The lowest BCUT2D eigenvalue weighted by atomic mass is 10.2. The van der Waals surface area contributed by atoms with E-state index < -0.39 is 11.7 Å². The van der Waals surface area contributed by atoms with Crippen molar-refractivity contribution in [3.8, 4) is 17.1 Å². The maximum Gasteiger partial charge on any atom is 0.407 e. The average Bonchev–Trinajstić information content (AvgIpc) is 3.10. The van der Waals surface area contributed by atoms with Gasteiger partial charge in [-0.1, -0.05) is 12.1 Å². The van der Waals surface area contributed by atoms with Gasteiger partial charge in [-0.15, -0.1) is 0 Å². The zero-order chi connectivity index (χ0) is 22.9. The van der Waals surface area contributed by atoms with Crippen molar-refractivity contribution < 1.29 is 9.53 Å². The summed E-state index contributed by atoms with van der Waals surface area (Å²) in [4.78, 5) is 25.5. The molecule has 32 heavy (non-hydrogen) atoms. The molecule has 3 aromatic heterocycles. The van der Waals surface area contributed by atoms with Crippen LogP contribution in [0, 0.1) is 0 Å². The molecule has 8 nitrogen and oxygen atoms in total. The molecule has 0 saturated heterocycles. The molecule has 4 aromatic rings. The highest BCUT2D eigenvalue weighted by molar-refractivity contribution is 9.10. The second-order valence-electron chi connectivity index (χ2n) is 8.23. The normalized spacial score (nSPS) is 11.5. The first kappa shape index (κ1) is 21.8. The number of nitrogens with two attached hydrogens (primary N) is 1. The minimum absolute atomic E-state index is 0.355. The van der Waals surface area contributed by atoms with Crippen molar-refractivity contribution >= 4 is 39.0 Å². The summed E-state index contributed by atoms with van der Waals surface area (Å²) in [5, 5.41) is 2.77. The number of hydrogen-bond donors (Lipinski definition) is 2. The van der Waals surface area contributed by atoms with E-state index in [1.807, 2.05) is 67.8 Å². The Kier molecular flexibility index (Phi) is 5.84. The predicted molar refractivity (Wildman–Crippen MR) is 127 cm³/mol. The molecule has 0 unspecified atom stereocenters. The van der Waals surface area contributed by atoms with Crippen LogP contribution in [0.4, 0.5) is 10.6 Å². The lowest BCUT2D eigenvalue weighted by Crippen LogP contribution is -2.32. The number of carbonyl (C=O) groups is 1. The van der Waals surface area contributed by atoms with Gasteiger partial charge in [0.15, 0.2) is 11.5 Å². The Balaban J connectivity index is 1.68. The molecule has 0 fully saturated rings. The number of alkyl carbamates (subject to hydrolysis) is 1. The van der Waals surface area contributed by atoms with Gasteiger partial charge in [0.25, 0.3) is 0 Å². The molecule has 1 aromatic carbocycles. The number of anilines is 1. The molecule has 0 aliphatic heterocycles. The molecule has 0 bridgehead atoms. The first-order chi connectivity index (χ1) is 15.2. The van der Waals surface area contributed by atoms with E-state index in [1.165, 1.54) is 0 Å². The zero-order valence-electron chi connectivity index (χ0n) is 18.0. The quantitative estimate of drug-likeness (QED) is 0.419. The standard InChI is InChI=1S/C23H23BrN6O2/c1-23(2,3)32-22(31)28-12-14-6-8-16(9-7-14)30-20(17-5-4-10-26-19(17)25)29-18-11-15(24)13-27-21(18)30/h4-11,13H,12H2,1-3H3,(H2,25,26)(H,28,31). The summed E-state index contributed by atoms with van der Waals surface area (Å²) in [7, 11) is 0. The van der Waals surface area contributed by atoms with Crippen molar-refractivity contribution in [2.24, 2.45) is 0 Å². The fourth-order valence-corrected chi connectivity index (χ4v) is 3.54. The highest BCUT2D eigenvalue weighted by Gasteiger charge is 2.18. The van der Waals surface area contributed by atoms with Gasteiger partial charge in [-0.3, -0.25) is 4.57 Å². The summed E-state index contributed by atoms with van der Waals surface area (Å²) in [5.41, 5.74) is 9.55. The number of hydrogen-bond acceptors (Lipinski definition) is 6. The summed E-state index contributed by atoms with van der Waals surface area (Å²) in [5.74, 6) is 1.04. The molecule has 164 valence electrons. The number of aromatic nitrogens is 4. The Hall–Kier alpha value is -3.46. The van der Waals surface area contributed by atoms with Crippen molar-refractivity contribution in [2.75, 3.05) is 5.73 Å². The number of benzene rings is 1. The molecule has 3 N–H and O–H groups in total. The number of ether oxygens (including phenoxy) is 1. The number of nitrogen functional groups attached to an aromatic ring is 1. The lowest BCUT2D eigenvalue weighted by molar-refractivity contribution is 0.0523. The molecule has 0 spiro atoms. The third kappa shape index (κ3) is 4.72. The van der Waals surface area contributed by atoms with Crippen LogP contribution in [0.2, 0.25) is 0 Å². The Morgan fingerprint density at radius 1 is 1.19 bits per heavy atom. The molecule has 0 aliphatic carbocycles. The van der Waals surface area contributed by atoms with Gasteiger partial charge < -0.3 is 15.8 Å². The third-order valence-corrected chi connectivity index (χ3v) is 5.01. The molecule has 0 atom stereocenters. The number of amides is 1. The van der Waals surface area contributed by atoms with Gasteiger partial charge in [0, 0.05) is 29.1 Å². The molecule has 9 heteroatoms. The SMILES string of the molecule is CC(C)(C)OC(=O)NCc1ccc(-n2c(-c3cccnc3N)nc3cc(Br)cnc32)cc1. The van der Waals surface area contributed by atoms with Crippen LogP contribution in [0.25, 0.3) is 28.2 Å². The fourth-order valence-electron chi connectivity index (χ4n) is 3.22. The summed E-state index contributed by atoms with van der Waals surface area (Å²) < 4.78 is 8.07. The van der Waals surface area contributed by atoms with Gasteiger partial charge >= 0.3 is 6.09 Å². The Morgan fingerprint density at radius 3 is 2.62 bits per heavy atom. The smallest absolute Gasteiger partial charge is 0.407 e. The van der Waals surface area contributed by atoms with Crippen molar-refractivity contribution in [1.29, 1.82) is 0 Å². The van der Waals surface area contributed by atoms with Gasteiger partial charge in [0.2, 0.25) is 0 Å². The van der Waals surface area contributed by atoms with Crippen molar-refractivity contribution in [1.82, 2.24) is 24.8 Å². The van der Waals surface area contributed by atoms with Crippen LogP contribution in [0.1, 0.15) is 26.3 Å². The Labute approximate surface area is 194 Å². The molecule has 1 amide bonds. The number of nitrogens with one attached hydrogen (secondary N) is 1. The van der Waals surface area contributed by atoms with E-state index in [4.69, 9.17) is 15.5 Å².